The highest BCUT2D eigenvalue weighted by molar-refractivity contribution is 7.91. The topological polar surface area (TPSA) is 51.2 Å². The molecule has 0 spiro atoms. The Labute approximate surface area is 104 Å². The summed E-state index contributed by atoms with van der Waals surface area (Å²) in [6.07, 6.45) is 1.27. The Morgan fingerprint density at radius 1 is 1.29 bits per heavy atom. The zero-order chi connectivity index (χ0) is 12.5. The molecule has 1 heterocycles. The number of sulfone groups is 1. The van der Waals surface area contributed by atoms with E-state index in [0.29, 0.717) is 0 Å². The molecule has 1 aromatic heterocycles. The fourth-order valence-electron chi connectivity index (χ4n) is 1.73. The third-order valence-corrected chi connectivity index (χ3v) is 4.23. The molecule has 0 saturated heterocycles. The van der Waals surface area contributed by atoms with Crippen LogP contribution in [-0.2, 0) is 21.1 Å². The van der Waals surface area contributed by atoms with Crippen LogP contribution in [-0.4, -0.2) is 26.2 Å². The lowest BCUT2D eigenvalue weighted by Crippen LogP contribution is -2.16. The van der Waals surface area contributed by atoms with Crippen LogP contribution < -0.4 is 0 Å². The Morgan fingerprint density at radius 2 is 2.00 bits per heavy atom. The minimum atomic E-state index is -3.23. The summed E-state index contributed by atoms with van der Waals surface area (Å²) >= 11 is 1.57. The number of carbonyl (C=O) groups is 1. The maximum atomic E-state index is 11.6. The van der Waals surface area contributed by atoms with Crippen molar-refractivity contribution in [3.05, 3.63) is 35.2 Å². The summed E-state index contributed by atoms with van der Waals surface area (Å²) in [5.74, 6) is -0.631. The second kappa shape index (κ2) is 4.58. The Balaban J connectivity index is 2.22. The Kier molecular flexibility index (Phi) is 3.31. The smallest absolute Gasteiger partial charge is 0.154 e. The van der Waals surface area contributed by atoms with Gasteiger partial charge in [-0.2, -0.15) is 0 Å². The average Bonchev–Trinajstić information content (AvgIpc) is 2.59. The predicted octanol–water partition coefficient (Wildman–Crippen LogP) is 2.06. The number of hydrogen-bond donors (Lipinski definition) is 0. The van der Waals surface area contributed by atoms with Crippen LogP contribution in [0.2, 0.25) is 0 Å². The van der Waals surface area contributed by atoms with Crippen molar-refractivity contribution in [1.29, 1.82) is 0 Å². The quantitative estimate of drug-likeness (QED) is 0.853. The molecule has 0 saturated carbocycles. The van der Waals surface area contributed by atoms with Crippen molar-refractivity contribution in [2.75, 3.05) is 12.0 Å². The van der Waals surface area contributed by atoms with Gasteiger partial charge in [-0.1, -0.05) is 18.2 Å². The van der Waals surface area contributed by atoms with E-state index in [4.69, 9.17) is 0 Å². The number of Topliss-reactive ketones (excluding diaryl/α,β-unsaturated/α-hetero) is 1. The molecule has 0 atom stereocenters. The number of carbonyl (C=O) groups excluding carboxylic acids is 1. The third-order valence-electron chi connectivity index (χ3n) is 2.37. The summed E-state index contributed by atoms with van der Waals surface area (Å²) in [6, 6.07) is 7.81. The largest absolute Gasteiger partial charge is 0.298 e. The van der Waals surface area contributed by atoms with Crippen molar-refractivity contribution in [3.8, 4) is 0 Å². The SMILES string of the molecule is CS(=O)(=O)CC(=O)Cc1csc2ccccc12. The van der Waals surface area contributed by atoms with Crippen molar-refractivity contribution in [2.45, 2.75) is 6.42 Å². The average molecular weight is 268 g/mol. The van der Waals surface area contributed by atoms with Crippen LogP contribution in [0.5, 0.6) is 0 Å². The van der Waals surface area contributed by atoms with Gasteiger partial charge >= 0.3 is 0 Å². The first-order valence-electron chi connectivity index (χ1n) is 5.10. The number of hydrogen-bond acceptors (Lipinski definition) is 4. The normalized spacial score (nSPS) is 11.8. The van der Waals surface area contributed by atoms with E-state index in [1.165, 1.54) is 0 Å². The second-order valence-electron chi connectivity index (χ2n) is 4.04. The molecule has 0 bridgehead atoms. The Hall–Kier alpha value is -1.20. The molecule has 5 heteroatoms. The monoisotopic (exact) mass is 268 g/mol. The Bertz CT molecular complexity index is 653. The summed E-state index contributed by atoms with van der Waals surface area (Å²) in [4.78, 5) is 11.6. The van der Waals surface area contributed by atoms with E-state index in [1.54, 1.807) is 11.3 Å². The minimum Gasteiger partial charge on any atom is -0.298 e. The molecule has 0 aliphatic carbocycles. The van der Waals surface area contributed by atoms with Crippen molar-refractivity contribution >= 4 is 37.0 Å². The van der Waals surface area contributed by atoms with Crippen LogP contribution in [0.3, 0.4) is 0 Å². The number of ketones is 1. The second-order valence-corrected chi connectivity index (χ2v) is 7.09. The van der Waals surface area contributed by atoms with E-state index in [2.05, 4.69) is 0 Å². The highest BCUT2D eigenvalue weighted by Crippen LogP contribution is 2.26. The van der Waals surface area contributed by atoms with Crippen LogP contribution in [0, 0.1) is 0 Å². The predicted molar refractivity (Wildman–Crippen MR) is 70.2 cm³/mol. The molecule has 2 rings (SSSR count). The fraction of sp³-hybridized carbons (Fsp3) is 0.250. The lowest BCUT2D eigenvalue weighted by molar-refractivity contribution is -0.116. The van der Waals surface area contributed by atoms with Gasteiger partial charge in [0.25, 0.3) is 0 Å². The molecule has 0 unspecified atom stereocenters. The molecule has 0 radical (unpaired) electrons. The number of rotatable bonds is 4. The molecule has 3 nitrogen and oxygen atoms in total. The molecule has 2 aromatic rings. The molecule has 17 heavy (non-hydrogen) atoms. The van der Waals surface area contributed by atoms with E-state index >= 15 is 0 Å². The molecular weight excluding hydrogens is 256 g/mol. The molecule has 0 N–H and O–H groups in total. The first-order valence-corrected chi connectivity index (χ1v) is 8.04. The van der Waals surface area contributed by atoms with Gasteiger partial charge < -0.3 is 0 Å². The van der Waals surface area contributed by atoms with E-state index in [9.17, 15) is 13.2 Å². The maximum absolute atomic E-state index is 11.6. The summed E-state index contributed by atoms with van der Waals surface area (Å²) in [5, 5.41) is 2.96. The first-order chi connectivity index (χ1) is 7.96. The van der Waals surface area contributed by atoms with Crippen LogP contribution in [0.4, 0.5) is 0 Å². The standard InChI is InChI=1S/C12H12O3S2/c1-17(14,15)8-10(13)6-9-7-16-12-5-3-2-4-11(9)12/h2-5,7H,6,8H2,1H3. The van der Waals surface area contributed by atoms with E-state index in [0.717, 1.165) is 21.9 Å². The lowest BCUT2D eigenvalue weighted by Gasteiger charge is -1.98. The van der Waals surface area contributed by atoms with Crippen molar-refractivity contribution in [3.63, 3.8) is 0 Å². The molecule has 0 amide bonds. The van der Waals surface area contributed by atoms with Gasteiger partial charge in [-0.3, -0.25) is 4.79 Å². The Morgan fingerprint density at radius 3 is 2.71 bits per heavy atom. The van der Waals surface area contributed by atoms with Crippen molar-refractivity contribution in [2.24, 2.45) is 0 Å². The third kappa shape index (κ3) is 3.14. The van der Waals surface area contributed by atoms with Crippen LogP contribution in [0.25, 0.3) is 10.1 Å². The van der Waals surface area contributed by atoms with Crippen LogP contribution in [0.1, 0.15) is 5.56 Å². The summed E-state index contributed by atoms with van der Waals surface area (Å²) in [6.45, 7) is 0. The first kappa shape index (κ1) is 12.3. The molecule has 0 aliphatic rings. The maximum Gasteiger partial charge on any atom is 0.154 e. The van der Waals surface area contributed by atoms with Crippen LogP contribution in [0.15, 0.2) is 29.6 Å². The van der Waals surface area contributed by atoms with Gasteiger partial charge in [0.1, 0.15) is 5.75 Å². The summed E-state index contributed by atoms with van der Waals surface area (Å²) < 4.78 is 23.2. The van der Waals surface area contributed by atoms with Gasteiger partial charge in [-0.05, 0) is 22.4 Å². The van der Waals surface area contributed by atoms with Crippen molar-refractivity contribution < 1.29 is 13.2 Å². The molecule has 1 aromatic carbocycles. The molecule has 90 valence electrons. The minimum absolute atomic E-state index is 0.192. The lowest BCUT2D eigenvalue weighted by atomic mass is 10.1. The summed E-state index contributed by atoms with van der Waals surface area (Å²) in [5.41, 5.74) is 0.916. The van der Waals surface area contributed by atoms with Crippen LogP contribution >= 0.6 is 11.3 Å². The number of thiophene rings is 1. The zero-order valence-electron chi connectivity index (χ0n) is 9.34. The van der Waals surface area contributed by atoms with E-state index in [1.807, 2.05) is 29.6 Å². The highest BCUT2D eigenvalue weighted by atomic mass is 32.2. The molecule has 0 fully saturated rings. The van der Waals surface area contributed by atoms with Gasteiger partial charge in [0.2, 0.25) is 0 Å². The van der Waals surface area contributed by atoms with E-state index < -0.39 is 9.84 Å². The van der Waals surface area contributed by atoms with Crippen molar-refractivity contribution in [1.82, 2.24) is 0 Å². The number of fused-ring (bicyclic) bond motifs is 1. The number of benzene rings is 1. The summed E-state index contributed by atoms with van der Waals surface area (Å²) in [7, 11) is -3.23. The zero-order valence-corrected chi connectivity index (χ0v) is 11.0. The van der Waals surface area contributed by atoms with Gasteiger partial charge in [-0.15, -0.1) is 11.3 Å². The van der Waals surface area contributed by atoms with E-state index in [-0.39, 0.29) is 18.0 Å². The van der Waals surface area contributed by atoms with Gasteiger partial charge in [0.05, 0.1) is 0 Å². The molecular formula is C12H12O3S2. The molecule has 0 aliphatic heterocycles. The highest BCUT2D eigenvalue weighted by Gasteiger charge is 2.13. The van der Waals surface area contributed by atoms with Gasteiger partial charge in [0.15, 0.2) is 15.6 Å². The van der Waals surface area contributed by atoms with Gasteiger partial charge in [-0.25, -0.2) is 8.42 Å². The fourth-order valence-corrected chi connectivity index (χ4v) is 3.38. The van der Waals surface area contributed by atoms with Gasteiger partial charge in [0, 0.05) is 17.4 Å².